The second-order valence-electron chi connectivity index (χ2n) is 5.18. The first-order valence-corrected chi connectivity index (χ1v) is 7.37. The normalized spacial score (nSPS) is 9.84. The number of nitrogens with one attached hydrogen (secondary N) is 1. The molecule has 2 aromatic carbocycles. The monoisotopic (exact) mass is 340 g/mol. The number of benzene rings is 2. The van der Waals surface area contributed by atoms with E-state index in [1.807, 2.05) is 24.3 Å². The molecule has 0 saturated carbocycles. The van der Waals surface area contributed by atoms with Gasteiger partial charge in [-0.1, -0.05) is 36.4 Å². The molecule has 0 aliphatic carbocycles. The lowest BCUT2D eigenvalue weighted by Crippen LogP contribution is -2.10. The van der Waals surface area contributed by atoms with Crippen LogP contribution in [0.25, 0.3) is 22.6 Å². The zero-order chi connectivity index (χ0) is 18.4. The zero-order valence-electron chi connectivity index (χ0n) is 13.5. The number of nitrogen functional groups attached to an aromatic ring is 1. The number of carboxylic acids is 1. The molecule has 0 radical (unpaired) electrons. The van der Waals surface area contributed by atoms with E-state index in [0.717, 1.165) is 12.5 Å². The smallest absolute Gasteiger partial charge is 0.300 e. The molecule has 4 N–H and O–H groups in total. The Labute approximate surface area is 144 Å². The van der Waals surface area contributed by atoms with Gasteiger partial charge in [0, 0.05) is 23.6 Å². The zero-order valence-corrected chi connectivity index (χ0v) is 13.5. The van der Waals surface area contributed by atoms with Crippen LogP contribution >= 0.6 is 0 Å². The van der Waals surface area contributed by atoms with Gasteiger partial charge in [0.1, 0.15) is 23.2 Å². The van der Waals surface area contributed by atoms with Crippen molar-refractivity contribution in [1.82, 2.24) is 0 Å². The standard InChI is InChI=1S/C17H13FN2O.C2H4O2/c18-14-3-1-2-13(10-14)16-9-8-15(21-16)11-4-6-12(7-5-11)17(19)20;1-2(3)4/h1-10H,(H3,19,20);1H3,(H,3,4). The first kappa shape index (κ1) is 17.9. The molecular formula is C19H17FN2O3. The van der Waals surface area contributed by atoms with Crippen LogP contribution in [0, 0.1) is 11.2 Å². The van der Waals surface area contributed by atoms with Crippen molar-refractivity contribution in [2.24, 2.45) is 5.73 Å². The van der Waals surface area contributed by atoms with Crippen molar-refractivity contribution >= 4 is 11.8 Å². The molecule has 1 heterocycles. The molecule has 3 rings (SSSR count). The van der Waals surface area contributed by atoms with Crippen molar-refractivity contribution in [1.29, 1.82) is 5.41 Å². The van der Waals surface area contributed by atoms with Gasteiger partial charge in [0.15, 0.2) is 0 Å². The number of halogens is 1. The maximum atomic E-state index is 13.2. The third-order valence-electron chi connectivity index (χ3n) is 3.20. The quantitative estimate of drug-likeness (QED) is 0.493. The molecule has 1 aromatic heterocycles. The van der Waals surface area contributed by atoms with E-state index in [9.17, 15) is 4.39 Å². The Hall–Kier alpha value is -3.41. The van der Waals surface area contributed by atoms with E-state index >= 15 is 0 Å². The van der Waals surface area contributed by atoms with Crippen LogP contribution in [0.4, 0.5) is 4.39 Å². The predicted octanol–water partition coefficient (Wildman–Crippen LogP) is 4.13. The Morgan fingerprint density at radius 2 is 1.60 bits per heavy atom. The number of nitrogens with two attached hydrogens (primary N) is 1. The molecule has 25 heavy (non-hydrogen) atoms. The molecule has 0 saturated heterocycles. The van der Waals surface area contributed by atoms with Crippen LogP contribution in [0.15, 0.2) is 65.1 Å². The van der Waals surface area contributed by atoms with Crippen LogP contribution in [-0.2, 0) is 4.79 Å². The maximum Gasteiger partial charge on any atom is 0.300 e. The Morgan fingerprint density at radius 3 is 2.12 bits per heavy atom. The number of hydrogen-bond acceptors (Lipinski definition) is 3. The Kier molecular flexibility index (Phi) is 5.68. The number of rotatable bonds is 3. The summed E-state index contributed by atoms with van der Waals surface area (Å²) < 4.78 is 19.0. The topological polar surface area (TPSA) is 100 Å². The molecular weight excluding hydrogens is 323 g/mol. The first-order chi connectivity index (χ1) is 11.9. The largest absolute Gasteiger partial charge is 0.481 e. The number of aliphatic carboxylic acids is 1. The van der Waals surface area contributed by atoms with Gasteiger partial charge in [-0.25, -0.2) is 4.39 Å². The lowest BCUT2D eigenvalue weighted by atomic mass is 10.1. The van der Waals surface area contributed by atoms with Crippen LogP contribution in [0.3, 0.4) is 0 Å². The molecule has 128 valence electrons. The highest BCUT2D eigenvalue weighted by atomic mass is 19.1. The van der Waals surface area contributed by atoms with Gasteiger partial charge < -0.3 is 15.3 Å². The number of hydrogen-bond donors (Lipinski definition) is 3. The molecule has 0 unspecified atom stereocenters. The molecule has 3 aromatic rings. The van der Waals surface area contributed by atoms with Gasteiger partial charge in [-0.05, 0) is 24.3 Å². The summed E-state index contributed by atoms with van der Waals surface area (Å²) in [6, 6.07) is 17.1. The van der Waals surface area contributed by atoms with Gasteiger partial charge >= 0.3 is 0 Å². The highest BCUT2D eigenvalue weighted by Crippen LogP contribution is 2.28. The second kappa shape index (κ2) is 7.92. The average Bonchev–Trinajstić information content (AvgIpc) is 3.04. The van der Waals surface area contributed by atoms with E-state index in [4.69, 9.17) is 25.5 Å². The SMILES string of the molecule is CC(=O)O.N=C(N)c1ccc(-c2ccc(-c3cccc(F)c3)o2)cc1. The lowest BCUT2D eigenvalue weighted by Gasteiger charge is -2.01. The van der Waals surface area contributed by atoms with Gasteiger partial charge in [0.25, 0.3) is 5.97 Å². The number of furan rings is 1. The van der Waals surface area contributed by atoms with E-state index in [1.54, 1.807) is 24.3 Å². The van der Waals surface area contributed by atoms with E-state index in [1.165, 1.54) is 12.1 Å². The van der Waals surface area contributed by atoms with E-state index < -0.39 is 5.97 Å². The predicted molar refractivity (Wildman–Crippen MR) is 93.9 cm³/mol. The average molecular weight is 340 g/mol. The molecule has 0 spiro atoms. The van der Waals surface area contributed by atoms with Crippen molar-refractivity contribution in [3.63, 3.8) is 0 Å². The van der Waals surface area contributed by atoms with Crippen LogP contribution < -0.4 is 5.73 Å². The fraction of sp³-hybridized carbons (Fsp3) is 0.0526. The molecule has 6 heteroatoms. The molecule has 0 bridgehead atoms. The van der Waals surface area contributed by atoms with Gasteiger partial charge in [0.05, 0.1) is 0 Å². The molecule has 0 aliphatic rings. The minimum atomic E-state index is -0.833. The third kappa shape index (κ3) is 5.04. The first-order valence-electron chi connectivity index (χ1n) is 7.37. The fourth-order valence-corrected chi connectivity index (χ4v) is 2.10. The van der Waals surface area contributed by atoms with Crippen molar-refractivity contribution in [3.8, 4) is 22.6 Å². The molecule has 0 atom stereocenters. The molecule has 0 amide bonds. The molecule has 5 nitrogen and oxygen atoms in total. The molecule has 0 aliphatic heterocycles. The summed E-state index contributed by atoms with van der Waals surface area (Å²) in [6.07, 6.45) is 0. The Morgan fingerprint density at radius 1 is 1.04 bits per heavy atom. The van der Waals surface area contributed by atoms with Gasteiger partial charge in [-0.15, -0.1) is 0 Å². The van der Waals surface area contributed by atoms with E-state index in [-0.39, 0.29) is 11.7 Å². The second-order valence-corrected chi connectivity index (χ2v) is 5.18. The number of amidine groups is 1. The Bertz CT molecular complexity index is 882. The van der Waals surface area contributed by atoms with Gasteiger partial charge in [-0.3, -0.25) is 10.2 Å². The van der Waals surface area contributed by atoms with Crippen molar-refractivity contribution < 1.29 is 18.7 Å². The lowest BCUT2D eigenvalue weighted by molar-refractivity contribution is -0.134. The van der Waals surface area contributed by atoms with Crippen molar-refractivity contribution in [3.05, 3.63) is 72.0 Å². The number of carbonyl (C=O) groups is 1. The van der Waals surface area contributed by atoms with Crippen LogP contribution in [0.1, 0.15) is 12.5 Å². The minimum absolute atomic E-state index is 0.0291. The van der Waals surface area contributed by atoms with E-state index in [0.29, 0.717) is 22.6 Å². The highest BCUT2D eigenvalue weighted by molar-refractivity contribution is 5.95. The van der Waals surface area contributed by atoms with Crippen molar-refractivity contribution in [2.45, 2.75) is 6.92 Å². The maximum absolute atomic E-state index is 13.2. The van der Waals surface area contributed by atoms with Gasteiger partial charge in [0.2, 0.25) is 0 Å². The summed E-state index contributed by atoms with van der Waals surface area (Å²) in [5.41, 5.74) is 7.66. The summed E-state index contributed by atoms with van der Waals surface area (Å²) in [7, 11) is 0. The summed E-state index contributed by atoms with van der Waals surface area (Å²) in [5, 5.41) is 14.8. The highest BCUT2D eigenvalue weighted by Gasteiger charge is 2.08. The van der Waals surface area contributed by atoms with E-state index in [2.05, 4.69) is 0 Å². The number of carboxylic acid groups (broad SMARTS) is 1. The third-order valence-corrected chi connectivity index (χ3v) is 3.20. The van der Waals surface area contributed by atoms with Crippen LogP contribution in [-0.4, -0.2) is 16.9 Å². The van der Waals surface area contributed by atoms with Crippen molar-refractivity contribution in [2.75, 3.05) is 0 Å². The minimum Gasteiger partial charge on any atom is -0.481 e. The van der Waals surface area contributed by atoms with Crippen LogP contribution in [0.2, 0.25) is 0 Å². The summed E-state index contributed by atoms with van der Waals surface area (Å²) in [5.74, 6) is 0.196. The van der Waals surface area contributed by atoms with Crippen LogP contribution in [0.5, 0.6) is 0 Å². The molecule has 0 fully saturated rings. The Balaban J connectivity index is 0.000000511. The fourth-order valence-electron chi connectivity index (χ4n) is 2.10. The summed E-state index contributed by atoms with van der Waals surface area (Å²) >= 11 is 0. The summed E-state index contributed by atoms with van der Waals surface area (Å²) in [4.78, 5) is 9.00. The summed E-state index contributed by atoms with van der Waals surface area (Å²) in [6.45, 7) is 1.08. The van der Waals surface area contributed by atoms with Gasteiger partial charge in [-0.2, -0.15) is 0 Å².